The molecule has 2 rings (SSSR count). The zero-order chi connectivity index (χ0) is 24.5. The lowest BCUT2D eigenvalue weighted by Crippen LogP contribution is -2.16. The first-order chi connectivity index (χ1) is 15.0. The Morgan fingerprint density at radius 1 is 1.03 bits per heavy atom. The van der Waals surface area contributed by atoms with Crippen LogP contribution in [0.15, 0.2) is 60.2 Å². The van der Waals surface area contributed by atoms with E-state index in [1.807, 2.05) is 13.8 Å². The first kappa shape index (κ1) is 26.9. The summed E-state index contributed by atoms with van der Waals surface area (Å²) in [5.74, 6) is -2.46. The quantitative estimate of drug-likeness (QED) is 0.375. The lowest BCUT2D eigenvalue weighted by molar-refractivity contribution is -0.0884. The molecule has 0 unspecified atom stereocenters. The Morgan fingerprint density at radius 2 is 1.66 bits per heavy atom. The highest BCUT2D eigenvalue weighted by atomic mass is 19.4. The van der Waals surface area contributed by atoms with Crippen LogP contribution in [0.5, 0.6) is 0 Å². The van der Waals surface area contributed by atoms with E-state index in [9.17, 15) is 26.7 Å². The minimum atomic E-state index is -4.55. The van der Waals surface area contributed by atoms with Crippen molar-refractivity contribution in [3.05, 3.63) is 83.0 Å². The minimum absolute atomic E-state index is 0.137. The van der Waals surface area contributed by atoms with Crippen molar-refractivity contribution in [2.24, 2.45) is 0 Å². The molecule has 0 bridgehead atoms. The van der Waals surface area contributed by atoms with E-state index >= 15 is 0 Å². The van der Waals surface area contributed by atoms with Crippen LogP contribution in [0.25, 0.3) is 5.70 Å². The van der Waals surface area contributed by atoms with Crippen molar-refractivity contribution < 1.29 is 26.7 Å². The van der Waals surface area contributed by atoms with Crippen LogP contribution < -0.4 is 5.32 Å². The molecule has 0 radical (unpaired) electrons. The minimum Gasteiger partial charge on any atom is -0.377 e. The zero-order valence-electron chi connectivity index (χ0n) is 18.6. The molecule has 0 heterocycles. The molecule has 174 valence electrons. The van der Waals surface area contributed by atoms with Gasteiger partial charge in [0.2, 0.25) is 0 Å². The fourth-order valence-electron chi connectivity index (χ4n) is 2.71. The first-order valence-corrected chi connectivity index (χ1v) is 10.1. The van der Waals surface area contributed by atoms with Gasteiger partial charge in [-0.1, -0.05) is 45.0 Å². The molecule has 0 saturated carbocycles. The van der Waals surface area contributed by atoms with Gasteiger partial charge in [0.1, 0.15) is 11.6 Å². The van der Waals surface area contributed by atoms with Gasteiger partial charge in [-0.2, -0.15) is 13.2 Å². The Morgan fingerprint density at radius 3 is 2.16 bits per heavy atom. The predicted octanol–water partition coefficient (Wildman–Crippen LogP) is 7.04. The van der Waals surface area contributed by atoms with Gasteiger partial charge in [0.05, 0.1) is 16.8 Å². The summed E-state index contributed by atoms with van der Waals surface area (Å²) in [6.07, 6.45) is -2.39. The lowest BCUT2D eigenvalue weighted by atomic mass is 10.1. The Bertz CT molecular complexity index is 979. The summed E-state index contributed by atoms with van der Waals surface area (Å²) >= 11 is 0. The monoisotopic (exact) mass is 454 g/mol. The number of rotatable bonds is 6. The maximum atomic E-state index is 14.6. The van der Waals surface area contributed by atoms with Crippen LogP contribution in [0.4, 0.5) is 27.6 Å². The molecule has 2 aromatic rings. The zero-order valence-corrected chi connectivity index (χ0v) is 18.6. The van der Waals surface area contributed by atoms with Crippen molar-refractivity contribution in [3.63, 3.8) is 0 Å². The molecule has 1 N–H and O–H groups in total. The van der Waals surface area contributed by atoms with Crippen LogP contribution in [-0.2, 0) is 0 Å². The van der Waals surface area contributed by atoms with E-state index < -0.39 is 29.3 Å². The van der Waals surface area contributed by atoms with Gasteiger partial charge in [-0.05, 0) is 36.8 Å². The summed E-state index contributed by atoms with van der Waals surface area (Å²) in [7, 11) is 3.08. The number of hydrogen-bond acceptors (Lipinski definition) is 2. The van der Waals surface area contributed by atoms with Gasteiger partial charge in [-0.3, -0.25) is 4.79 Å². The molecular weight excluding hydrogens is 427 g/mol. The number of nitrogens with zero attached hydrogens (tertiary/aromatic N) is 1. The molecule has 1 amide bonds. The number of anilines is 1. The Balaban J connectivity index is 0.00000249. The molecule has 0 aliphatic rings. The highest BCUT2D eigenvalue weighted by Gasteiger charge is 2.32. The number of nitrogens with one attached hydrogen (secondary N) is 1. The molecule has 0 fully saturated rings. The molecule has 0 aliphatic heterocycles. The number of hydrogen-bond donors (Lipinski definition) is 1. The summed E-state index contributed by atoms with van der Waals surface area (Å²) in [5.41, 5.74) is -0.990. The fraction of sp³-hybridized carbons (Fsp3) is 0.292. The van der Waals surface area contributed by atoms with Gasteiger partial charge >= 0.3 is 6.18 Å². The highest BCUT2D eigenvalue weighted by Crippen LogP contribution is 2.31. The van der Waals surface area contributed by atoms with Crippen LogP contribution in [0.1, 0.15) is 43.1 Å². The van der Waals surface area contributed by atoms with Gasteiger partial charge in [0, 0.05) is 25.4 Å². The van der Waals surface area contributed by atoms with Crippen LogP contribution in [0.3, 0.4) is 0 Å². The molecule has 0 aromatic heterocycles. The summed E-state index contributed by atoms with van der Waals surface area (Å²) in [4.78, 5) is 13.6. The number of carbonyl (C=O) groups excluding carboxylic acids is 1. The number of allylic oxidation sites excluding steroid dienone is 3. The molecule has 8 heteroatoms. The molecule has 3 nitrogen and oxygen atoms in total. The lowest BCUT2D eigenvalue weighted by Gasteiger charge is -2.20. The molecule has 2 aromatic carbocycles. The average Bonchev–Trinajstić information content (AvgIpc) is 2.73. The standard InChI is InChI=1S/C22H21F5N2O.C2H6/c1-4-7-15(22(25,26)27)13-20(29(2)3)14-10-11-19(18(24)12-14)28-21(30)16-8-5-6-9-17(16)23;1-2/h5-13H,4H2,1-3H3,(H,28,30);1-2H3/b15-7-,20-13-;. The van der Waals surface area contributed by atoms with Gasteiger partial charge in [0.25, 0.3) is 5.91 Å². The molecular formula is C24H27F5N2O. The van der Waals surface area contributed by atoms with Gasteiger partial charge < -0.3 is 10.2 Å². The first-order valence-electron chi connectivity index (χ1n) is 10.1. The number of halogens is 5. The number of carbonyl (C=O) groups is 1. The normalized spacial score (nSPS) is 12.1. The van der Waals surface area contributed by atoms with Crippen LogP contribution in [-0.4, -0.2) is 31.1 Å². The predicted molar refractivity (Wildman–Crippen MR) is 118 cm³/mol. The van der Waals surface area contributed by atoms with Crippen molar-refractivity contribution in [2.45, 2.75) is 33.4 Å². The van der Waals surface area contributed by atoms with E-state index in [0.29, 0.717) is 0 Å². The second kappa shape index (κ2) is 12.0. The van der Waals surface area contributed by atoms with Crippen LogP contribution in [0, 0.1) is 11.6 Å². The maximum absolute atomic E-state index is 14.6. The smallest absolute Gasteiger partial charge is 0.377 e. The van der Waals surface area contributed by atoms with Gasteiger partial charge in [0.15, 0.2) is 0 Å². The average molecular weight is 454 g/mol. The highest BCUT2D eigenvalue weighted by molar-refractivity contribution is 6.04. The van der Waals surface area contributed by atoms with Crippen LogP contribution >= 0.6 is 0 Å². The third-order valence-corrected chi connectivity index (χ3v) is 4.16. The second-order valence-corrected chi connectivity index (χ2v) is 6.62. The number of benzene rings is 2. The SMILES string of the molecule is CC.CC/C=C(/C=C(/c1ccc(NC(=O)c2ccccc2F)c(F)c1)N(C)C)C(F)(F)F. The topological polar surface area (TPSA) is 32.3 Å². The fourth-order valence-corrected chi connectivity index (χ4v) is 2.71. The van der Waals surface area contributed by atoms with Gasteiger partial charge in [-0.15, -0.1) is 0 Å². The largest absolute Gasteiger partial charge is 0.416 e. The van der Waals surface area contributed by atoms with E-state index in [0.717, 1.165) is 24.3 Å². The number of amides is 1. The molecule has 0 aliphatic carbocycles. The molecule has 0 saturated heterocycles. The van der Waals surface area contributed by atoms with Gasteiger partial charge in [-0.25, -0.2) is 8.78 Å². The summed E-state index contributed by atoms with van der Waals surface area (Å²) in [6.45, 7) is 5.58. The molecule has 32 heavy (non-hydrogen) atoms. The van der Waals surface area contributed by atoms with Crippen molar-refractivity contribution in [1.29, 1.82) is 0 Å². The second-order valence-electron chi connectivity index (χ2n) is 6.62. The third-order valence-electron chi connectivity index (χ3n) is 4.16. The van der Waals surface area contributed by atoms with Crippen molar-refractivity contribution in [3.8, 4) is 0 Å². The number of alkyl halides is 3. The maximum Gasteiger partial charge on any atom is 0.416 e. The Kier molecular flexibility index (Phi) is 10.1. The van der Waals surface area contributed by atoms with Crippen molar-refractivity contribution in [2.75, 3.05) is 19.4 Å². The Labute approximate surface area is 185 Å². The summed E-state index contributed by atoms with van der Waals surface area (Å²) in [6, 6.07) is 8.85. The van der Waals surface area contributed by atoms with E-state index in [1.165, 1.54) is 49.3 Å². The van der Waals surface area contributed by atoms with Crippen molar-refractivity contribution >= 4 is 17.3 Å². The third kappa shape index (κ3) is 7.21. The van der Waals surface area contributed by atoms with E-state index in [4.69, 9.17) is 0 Å². The van der Waals surface area contributed by atoms with E-state index in [2.05, 4.69) is 5.32 Å². The Hall–Kier alpha value is -3.16. The molecule has 0 atom stereocenters. The van der Waals surface area contributed by atoms with Crippen molar-refractivity contribution in [1.82, 2.24) is 4.90 Å². The van der Waals surface area contributed by atoms with Crippen LogP contribution in [0.2, 0.25) is 0 Å². The molecule has 0 spiro atoms. The summed E-state index contributed by atoms with van der Waals surface area (Å²) < 4.78 is 68.0. The van der Waals surface area contributed by atoms with E-state index in [1.54, 1.807) is 6.92 Å². The summed E-state index contributed by atoms with van der Waals surface area (Å²) in [5, 5.41) is 2.27. The van der Waals surface area contributed by atoms with E-state index in [-0.39, 0.29) is 28.9 Å².